The number of methoxy groups -OCH3 is 2. The van der Waals surface area contributed by atoms with Gasteiger partial charge in [-0.2, -0.15) is 0 Å². The highest BCUT2D eigenvalue weighted by Gasteiger charge is 2.19. The molecule has 2 aromatic carbocycles. The van der Waals surface area contributed by atoms with E-state index in [1.165, 1.54) is 20.5 Å². The van der Waals surface area contributed by atoms with Crippen LogP contribution in [0, 0.1) is 6.92 Å². The Hall–Kier alpha value is -3.61. The van der Waals surface area contributed by atoms with E-state index < -0.39 is 0 Å². The van der Waals surface area contributed by atoms with Crippen LogP contribution in [0.5, 0.6) is 11.5 Å². The molecule has 3 rings (SSSR count). The first-order valence-corrected chi connectivity index (χ1v) is 9.26. The van der Waals surface area contributed by atoms with Crippen molar-refractivity contribution >= 4 is 23.1 Å². The molecule has 1 amide bonds. The Morgan fingerprint density at radius 3 is 2.38 bits per heavy atom. The molecular weight excluding hydrogens is 368 g/mol. The normalized spacial score (nSPS) is 10.3. The number of benzene rings is 2. The van der Waals surface area contributed by atoms with Crippen LogP contribution in [0.4, 0.5) is 17.2 Å². The predicted octanol–water partition coefficient (Wildman–Crippen LogP) is 4.36. The van der Waals surface area contributed by atoms with Gasteiger partial charge in [0.1, 0.15) is 29.2 Å². The Balaban J connectivity index is 1.91. The van der Waals surface area contributed by atoms with Crippen LogP contribution in [-0.2, 0) is 6.42 Å². The Morgan fingerprint density at radius 1 is 1.03 bits per heavy atom. The maximum absolute atomic E-state index is 13.0. The first-order valence-electron chi connectivity index (χ1n) is 9.26. The van der Waals surface area contributed by atoms with E-state index in [4.69, 9.17) is 9.47 Å². The number of carbonyl (C=O) groups excluding carboxylic acids is 1. The maximum Gasteiger partial charge on any atom is 0.263 e. The fourth-order valence-corrected chi connectivity index (χ4v) is 3.01. The van der Waals surface area contributed by atoms with Gasteiger partial charge in [-0.3, -0.25) is 4.79 Å². The van der Waals surface area contributed by atoms with E-state index in [0.717, 1.165) is 23.4 Å². The molecule has 150 valence electrons. The monoisotopic (exact) mass is 392 g/mol. The molecule has 0 aliphatic heterocycles. The Labute approximate surface area is 170 Å². The fourth-order valence-electron chi connectivity index (χ4n) is 3.01. The van der Waals surface area contributed by atoms with Gasteiger partial charge in [-0.25, -0.2) is 9.97 Å². The third-order valence-corrected chi connectivity index (χ3v) is 4.47. The van der Waals surface area contributed by atoms with E-state index in [0.29, 0.717) is 28.6 Å². The molecule has 0 atom stereocenters. The van der Waals surface area contributed by atoms with Gasteiger partial charge in [-0.05, 0) is 43.2 Å². The first-order chi connectivity index (χ1) is 14.0. The van der Waals surface area contributed by atoms with Gasteiger partial charge in [0.15, 0.2) is 0 Å². The summed E-state index contributed by atoms with van der Waals surface area (Å²) in [5.74, 6) is 1.28. The summed E-state index contributed by atoms with van der Waals surface area (Å²) in [5.41, 5.74) is 3.74. The second-order valence-electron chi connectivity index (χ2n) is 6.39. The zero-order chi connectivity index (χ0) is 20.8. The molecule has 2 N–H and O–H groups in total. The Morgan fingerprint density at radius 2 is 1.76 bits per heavy atom. The van der Waals surface area contributed by atoms with Crippen molar-refractivity contribution in [2.24, 2.45) is 0 Å². The summed E-state index contributed by atoms with van der Waals surface area (Å²) >= 11 is 0. The molecule has 29 heavy (non-hydrogen) atoms. The summed E-state index contributed by atoms with van der Waals surface area (Å²) in [5, 5.41) is 6.24. The van der Waals surface area contributed by atoms with Crippen LogP contribution >= 0.6 is 0 Å². The maximum atomic E-state index is 13.0. The molecule has 0 radical (unpaired) electrons. The number of hydrogen-bond donors (Lipinski definition) is 2. The van der Waals surface area contributed by atoms with Gasteiger partial charge in [0, 0.05) is 23.1 Å². The zero-order valence-corrected chi connectivity index (χ0v) is 16.9. The molecule has 1 aromatic heterocycles. The van der Waals surface area contributed by atoms with Crippen LogP contribution in [0.25, 0.3) is 0 Å². The molecule has 0 aliphatic carbocycles. The van der Waals surface area contributed by atoms with Gasteiger partial charge >= 0.3 is 0 Å². The first kappa shape index (κ1) is 20.1. The van der Waals surface area contributed by atoms with Gasteiger partial charge in [-0.15, -0.1) is 0 Å². The summed E-state index contributed by atoms with van der Waals surface area (Å²) < 4.78 is 10.7. The van der Waals surface area contributed by atoms with Crippen LogP contribution in [-0.4, -0.2) is 30.1 Å². The molecule has 0 saturated heterocycles. The number of aromatic nitrogens is 2. The number of nitrogens with zero attached hydrogens (tertiary/aromatic N) is 2. The molecule has 0 saturated carbocycles. The zero-order valence-electron chi connectivity index (χ0n) is 16.9. The van der Waals surface area contributed by atoms with E-state index >= 15 is 0 Å². The summed E-state index contributed by atoms with van der Waals surface area (Å²) in [6.45, 7) is 3.94. The quantitative estimate of drug-likeness (QED) is 0.621. The summed E-state index contributed by atoms with van der Waals surface area (Å²) in [6, 6.07) is 12.9. The van der Waals surface area contributed by atoms with E-state index in [-0.39, 0.29) is 5.91 Å². The average molecular weight is 392 g/mol. The van der Waals surface area contributed by atoms with Gasteiger partial charge in [0.05, 0.1) is 14.2 Å². The SMILES string of the molecule is CCc1ccc(Nc2cc(C)ncn2)cc1NC(=O)c1c(OC)cccc1OC. The Kier molecular flexibility index (Phi) is 6.29. The second-order valence-corrected chi connectivity index (χ2v) is 6.39. The van der Waals surface area contributed by atoms with Crippen molar-refractivity contribution in [1.29, 1.82) is 0 Å². The minimum atomic E-state index is -0.302. The molecule has 7 nitrogen and oxygen atoms in total. The van der Waals surface area contributed by atoms with Crippen LogP contribution in [0.15, 0.2) is 48.8 Å². The van der Waals surface area contributed by atoms with Crippen molar-refractivity contribution < 1.29 is 14.3 Å². The molecule has 0 bridgehead atoms. The van der Waals surface area contributed by atoms with Gasteiger partial charge in [0.2, 0.25) is 0 Å². The molecule has 3 aromatic rings. The fraction of sp³-hybridized carbons (Fsp3) is 0.227. The average Bonchev–Trinajstić information content (AvgIpc) is 2.73. The highest BCUT2D eigenvalue weighted by atomic mass is 16.5. The lowest BCUT2D eigenvalue weighted by Crippen LogP contribution is -2.16. The lowest BCUT2D eigenvalue weighted by Gasteiger charge is -2.16. The summed E-state index contributed by atoms with van der Waals surface area (Å²) in [4.78, 5) is 21.4. The number of amides is 1. The standard InChI is InChI=1S/C22H24N4O3/c1-5-15-9-10-16(25-20-11-14(2)23-13-24-20)12-17(15)26-22(27)21-18(28-3)7-6-8-19(21)29-4/h6-13H,5H2,1-4H3,(H,26,27)(H,23,24,25). The topological polar surface area (TPSA) is 85.4 Å². The molecule has 1 heterocycles. The molecule has 0 fully saturated rings. The molecule has 0 spiro atoms. The van der Waals surface area contributed by atoms with E-state index in [1.807, 2.05) is 38.1 Å². The van der Waals surface area contributed by atoms with Crippen molar-refractivity contribution in [2.75, 3.05) is 24.9 Å². The van der Waals surface area contributed by atoms with Gasteiger partial charge < -0.3 is 20.1 Å². The number of carbonyl (C=O) groups is 1. The van der Waals surface area contributed by atoms with Crippen molar-refractivity contribution in [3.63, 3.8) is 0 Å². The third kappa shape index (κ3) is 4.63. The largest absolute Gasteiger partial charge is 0.496 e. The van der Waals surface area contributed by atoms with Crippen LogP contribution in [0.1, 0.15) is 28.5 Å². The number of hydrogen-bond acceptors (Lipinski definition) is 6. The minimum Gasteiger partial charge on any atom is -0.496 e. The number of aryl methyl sites for hydroxylation is 2. The summed E-state index contributed by atoms with van der Waals surface area (Å²) in [7, 11) is 3.05. The molecule has 0 aliphatic rings. The van der Waals surface area contributed by atoms with Gasteiger partial charge in [0.25, 0.3) is 5.91 Å². The second kappa shape index (κ2) is 9.05. The third-order valence-electron chi connectivity index (χ3n) is 4.47. The number of nitrogens with one attached hydrogen (secondary N) is 2. The lowest BCUT2D eigenvalue weighted by molar-refractivity contribution is 0.102. The van der Waals surface area contributed by atoms with E-state index in [9.17, 15) is 4.79 Å². The summed E-state index contributed by atoms with van der Waals surface area (Å²) in [6.07, 6.45) is 2.28. The van der Waals surface area contributed by atoms with Crippen LogP contribution < -0.4 is 20.1 Å². The van der Waals surface area contributed by atoms with Crippen LogP contribution in [0.3, 0.4) is 0 Å². The highest BCUT2D eigenvalue weighted by Crippen LogP contribution is 2.30. The van der Waals surface area contributed by atoms with Crippen molar-refractivity contribution in [2.45, 2.75) is 20.3 Å². The molecule has 7 heteroatoms. The number of rotatable bonds is 7. The lowest BCUT2D eigenvalue weighted by atomic mass is 10.1. The smallest absolute Gasteiger partial charge is 0.263 e. The Bertz CT molecular complexity index is 998. The van der Waals surface area contributed by atoms with E-state index in [2.05, 4.69) is 20.6 Å². The van der Waals surface area contributed by atoms with Crippen molar-refractivity contribution in [3.8, 4) is 11.5 Å². The van der Waals surface area contributed by atoms with Crippen molar-refractivity contribution in [3.05, 3.63) is 65.6 Å². The molecule has 0 unspecified atom stereocenters. The number of anilines is 3. The number of ether oxygens (including phenoxy) is 2. The van der Waals surface area contributed by atoms with Crippen LogP contribution in [0.2, 0.25) is 0 Å². The van der Waals surface area contributed by atoms with E-state index in [1.54, 1.807) is 18.2 Å². The predicted molar refractivity (Wildman–Crippen MR) is 113 cm³/mol. The minimum absolute atomic E-state index is 0.302. The highest BCUT2D eigenvalue weighted by molar-refractivity contribution is 6.08. The van der Waals surface area contributed by atoms with Gasteiger partial charge in [-0.1, -0.05) is 19.1 Å². The molecular formula is C22H24N4O3. The van der Waals surface area contributed by atoms with Crippen molar-refractivity contribution in [1.82, 2.24) is 9.97 Å².